The van der Waals surface area contributed by atoms with Crippen LogP contribution in [-0.2, 0) is 6.54 Å². The third-order valence-electron chi connectivity index (χ3n) is 2.37. The van der Waals surface area contributed by atoms with Crippen molar-refractivity contribution in [3.05, 3.63) is 54.4 Å². The molecule has 0 saturated heterocycles. The van der Waals surface area contributed by atoms with Gasteiger partial charge in [-0.1, -0.05) is 24.3 Å². The number of guanidine groups is 1. The van der Waals surface area contributed by atoms with Crippen molar-refractivity contribution in [3.63, 3.8) is 0 Å². The van der Waals surface area contributed by atoms with Crippen molar-refractivity contribution >= 4 is 5.96 Å². The molecule has 4 heteroatoms. The van der Waals surface area contributed by atoms with Gasteiger partial charge in [-0.2, -0.15) is 0 Å². The molecule has 0 fully saturated rings. The van der Waals surface area contributed by atoms with Crippen LogP contribution in [-0.4, -0.2) is 10.9 Å². The maximum absolute atomic E-state index is 5.31. The Morgan fingerprint density at radius 1 is 1.12 bits per heavy atom. The second-order valence-corrected chi connectivity index (χ2v) is 3.68. The lowest BCUT2D eigenvalue weighted by atomic mass is 10.1. The molecule has 0 saturated carbocycles. The van der Waals surface area contributed by atoms with Gasteiger partial charge in [-0.3, -0.25) is 4.98 Å². The number of hydrogen-bond donors (Lipinski definition) is 2. The summed E-state index contributed by atoms with van der Waals surface area (Å²) in [7, 11) is 0. The number of nitrogens with zero attached hydrogens (tertiary/aromatic N) is 2. The van der Waals surface area contributed by atoms with Crippen LogP contribution in [0.25, 0.3) is 11.1 Å². The molecule has 1 aromatic carbocycles. The first kappa shape index (κ1) is 11.1. The van der Waals surface area contributed by atoms with Gasteiger partial charge in [-0.05, 0) is 28.8 Å². The van der Waals surface area contributed by atoms with Gasteiger partial charge in [0.15, 0.2) is 5.96 Å². The van der Waals surface area contributed by atoms with Crippen molar-refractivity contribution in [2.45, 2.75) is 6.54 Å². The lowest BCUT2D eigenvalue weighted by molar-refractivity contribution is 1.05. The normalized spacial score (nSPS) is 9.88. The van der Waals surface area contributed by atoms with Crippen LogP contribution < -0.4 is 11.5 Å². The smallest absolute Gasteiger partial charge is 0.186 e. The Morgan fingerprint density at radius 3 is 2.65 bits per heavy atom. The van der Waals surface area contributed by atoms with Gasteiger partial charge in [0.25, 0.3) is 0 Å². The fourth-order valence-electron chi connectivity index (χ4n) is 1.57. The monoisotopic (exact) mass is 226 g/mol. The zero-order valence-electron chi connectivity index (χ0n) is 9.38. The van der Waals surface area contributed by atoms with E-state index in [9.17, 15) is 0 Å². The van der Waals surface area contributed by atoms with E-state index in [1.165, 1.54) is 0 Å². The van der Waals surface area contributed by atoms with Crippen molar-refractivity contribution in [3.8, 4) is 11.1 Å². The molecule has 2 aromatic rings. The molecule has 4 N–H and O–H groups in total. The van der Waals surface area contributed by atoms with E-state index in [1.54, 1.807) is 6.20 Å². The predicted octanol–water partition coefficient (Wildman–Crippen LogP) is 1.52. The third-order valence-corrected chi connectivity index (χ3v) is 2.37. The van der Waals surface area contributed by atoms with Crippen LogP contribution in [0.5, 0.6) is 0 Å². The highest BCUT2D eigenvalue weighted by molar-refractivity contribution is 5.75. The fourth-order valence-corrected chi connectivity index (χ4v) is 1.57. The second kappa shape index (κ2) is 5.12. The summed E-state index contributed by atoms with van der Waals surface area (Å²) in [6.45, 7) is 0.496. The highest BCUT2D eigenvalue weighted by Gasteiger charge is 1.98. The van der Waals surface area contributed by atoms with Gasteiger partial charge >= 0.3 is 0 Å². The summed E-state index contributed by atoms with van der Waals surface area (Å²) in [5.41, 5.74) is 13.9. The van der Waals surface area contributed by atoms with Crippen molar-refractivity contribution in [1.29, 1.82) is 0 Å². The summed E-state index contributed by atoms with van der Waals surface area (Å²) in [6.07, 6.45) is 3.59. The molecule has 4 nitrogen and oxygen atoms in total. The molecule has 1 heterocycles. The third kappa shape index (κ3) is 3.04. The first-order valence-corrected chi connectivity index (χ1v) is 5.30. The molecule has 1 aromatic heterocycles. The Morgan fingerprint density at radius 2 is 1.94 bits per heavy atom. The van der Waals surface area contributed by atoms with Gasteiger partial charge in [0.05, 0.1) is 6.54 Å². The minimum Gasteiger partial charge on any atom is -0.370 e. The molecule has 17 heavy (non-hydrogen) atoms. The average molecular weight is 226 g/mol. The summed E-state index contributed by atoms with van der Waals surface area (Å²) in [4.78, 5) is 8.08. The van der Waals surface area contributed by atoms with E-state index < -0.39 is 0 Å². The van der Waals surface area contributed by atoms with Gasteiger partial charge in [0.2, 0.25) is 0 Å². The largest absolute Gasteiger partial charge is 0.370 e. The molecule has 0 aliphatic heterocycles. The molecule has 0 radical (unpaired) electrons. The van der Waals surface area contributed by atoms with Crippen LogP contribution in [0.1, 0.15) is 5.56 Å². The Labute approximate surface area is 100 Å². The maximum Gasteiger partial charge on any atom is 0.186 e. The summed E-state index contributed by atoms with van der Waals surface area (Å²) < 4.78 is 0. The number of hydrogen-bond acceptors (Lipinski definition) is 2. The van der Waals surface area contributed by atoms with E-state index in [0.717, 1.165) is 16.7 Å². The molecule has 0 spiro atoms. The van der Waals surface area contributed by atoms with Crippen LogP contribution in [0.3, 0.4) is 0 Å². The zero-order valence-corrected chi connectivity index (χ0v) is 9.38. The first-order valence-electron chi connectivity index (χ1n) is 5.30. The van der Waals surface area contributed by atoms with Gasteiger partial charge in [0, 0.05) is 12.4 Å². The molecule has 0 aliphatic rings. The van der Waals surface area contributed by atoms with Crippen molar-refractivity contribution in [2.24, 2.45) is 16.5 Å². The van der Waals surface area contributed by atoms with E-state index in [1.807, 2.05) is 36.5 Å². The number of benzene rings is 1. The van der Waals surface area contributed by atoms with Crippen molar-refractivity contribution < 1.29 is 0 Å². The van der Waals surface area contributed by atoms with Gasteiger partial charge in [-0.15, -0.1) is 0 Å². The van der Waals surface area contributed by atoms with Gasteiger partial charge in [0.1, 0.15) is 0 Å². The van der Waals surface area contributed by atoms with Crippen molar-refractivity contribution in [1.82, 2.24) is 4.98 Å². The Hall–Kier alpha value is -2.36. The molecule has 0 amide bonds. The summed E-state index contributed by atoms with van der Waals surface area (Å²) in [5.74, 6) is 0.108. The van der Waals surface area contributed by atoms with E-state index in [-0.39, 0.29) is 5.96 Å². The predicted molar refractivity (Wildman–Crippen MR) is 69.2 cm³/mol. The topological polar surface area (TPSA) is 77.3 Å². The van der Waals surface area contributed by atoms with E-state index in [2.05, 4.69) is 16.0 Å². The average Bonchev–Trinajstić information content (AvgIpc) is 2.38. The molecule has 2 rings (SSSR count). The van der Waals surface area contributed by atoms with E-state index in [4.69, 9.17) is 11.5 Å². The summed E-state index contributed by atoms with van der Waals surface area (Å²) in [5, 5.41) is 0. The zero-order chi connectivity index (χ0) is 12.1. The second-order valence-electron chi connectivity index (χ2n) is 3.68. The first-order chi connectivity index (χ1) is 8.25. The maximum atomic E-state index is 5.31. The minimum atomic E-state index is 0.108. The Kier molecular flexibility index (Phi) is 3.35. The molecule has 0 bridgehead atoms. The summed E-state index contributed by atoms with van der Waals surface area (Å²) in [6, 6.07) is 12.0. The van der Waals surface area contributed by atoms with Gasteiger partial charge < -0.3 is 11.5 Å². The fraction of sp³-hybridized carbons (Fsp3) is 0.0769. The lowest BCUT2D eigenvalue weighted by Gasteiger charge is -2.03. The number of pyridine rings is 1. The molecule has 86 valence electrons. The van der Waals surface area contributed by atoms with Crippen LogP contribution in [0.4, 0.5) is 0 Å². The number of aliphatic imine (C=N–C) groups is 1. The lowest BCUT2D eigenvalue weighted by Crippen LogP contribution is -2.22. The van der Waals surface area contributed by atoms with Crippen LogP contribution in [0.15, 0.2) is 53.8 Å². The van der Waals surface area contributed by atoms with Gasteiger partial charge in [-0.25, -0.2) is 4.99 Å². The Bertz CT molecular complexity index is 516. The summed E-state index contributed by atoms with van der Waals surface area (Å²) >= 11 is 0. The highest BCUT2D eigenvalue weighted by Crippen LogP contribution is 2.19. The Balaban J connectivity index is 2.26. The number of nitrogens with two attached hydrogens (primary N) is 2. The van der Waals surface area contributed by atoms with Crippen LogP contribution in [0, 0.1) is 0 Å². The van der Waals surface area contributed by atoms with Crippen LogP contribution in [0.2, 0.25) is 0 Å². The minimum absolute atomic E-state index is 0.108. The SMILES string of the molecule is NC(N)=NCc1cccc(-c2cccnc2)c1. The standard InChI is InChI=1S/C13H14N4/c14-13(15)17-8-10-3-1-4-11(7-10)12-5-2-6-16-9-12/h1-7,9H,8H2,(H4,14,15,17). The molecule has 0 unspecified atom stereocenters. The number of rotatable bonds is 3. The van der Waals surface area contributed by atoms with Crippen LogP contribution >= 0.6 is 0 Å². The molecular weight excluding hydrogens is 212 g/mol. The van der Waals surface area contributed by atoms with E-state index >= 15 is 0 Å². The molecular formula is C13H14N4. The highest BCUT2D eigenvalue weighted by atomic mass is 15.0. The number of aromatic nitrogens is 1. The molecule has 0 atom stereocenters. The quantitative estimate of drug-likeness (QED) is 0.615. The van der Waals surface area contributed by atoms with E-state index in [0.29, 0.717) is 6.54 Å². The van der Waals surface area contributed by atoms with Crippen molar-refractivity contribution in [2.75, 3.05) is 0 Å². The molecule has 0 aliphatic carbocycles.